The number of phosphoric acid groups is 1. The largest absolute Gasteiger partial charge is 0.472 e. The number of likely N-dealkylation sites (N-methyl/N-ethyl adjacent to an activating group) is 1. The molecule has 0 bridgehead atoms. The van der Waals surface area contributed by atoms with Crippen molar-refractivity contribution < 1.29 is 37.3 Å². The quantitative estimate of drug-likeness (QED) is 0.0205. The smallest absolute Gasteiger partial charge is 0.456 e. The Balaban J connectivity index is 5.42. The summed E-state index contributed by atoms with van der Waals surface area (Å²) >= 11 is 0. The van der Waals surface area contributed by atoms with Crippen molar-refractivity contribution in [3.8, 4) is 0 Å². The Kier molecular flexibility index (Phi) is 51.0. The van der Waals surface area contributed by atoms with Crippen molar-refractivity contribution >= 4 is 19.7 Å². The lowest BCUT2D eigenvalue weighted by molar-refractivity contribution is -0.870. The summed E-state index contributed by atoms with van der Waals surface area (Å²) in [7, 11) is 1.46. The molecular weight excluding hydrogens is 928 g/mol. The van der Waals surface area contributed by atoms with Crippen LogP contribution in [0.2, 0.25) is 0 Å². The van der Waals surface area contributed by atoms with Gasteiger partial charge in [-0.25, -0.2) is 4.57 Å². The van der Waals surface area contributed by atoms with Gasteiger partial charge in [-0.15, -0.1) is 0 Å². The highest BCUT2D eigenvalue weighted by atomic mass is 31.2. The molecule has 0 aliphatic rings. The summed E-state index contributed by atoms with van der Waals surface area (Å²) in [4.78, 5) is 37.6. The zero-order valence-electron chi connectivity index (χ0n) is 48.4. The first-order chi connectivity index (χ1) is 35.4. The molecule has 0 spiro atoms. The van der Waals surface area contributed by atoms with Crippen LogP contribution in [-0.4, -0.2) is 74.3 Å². The van der Waals surface area contributed by atoms with Gasteiger partial charge in [0, 0.05) is 12.8 Å². The van der Waals surface area contributed by atoms with Gasteiger partial charge in [-0.3, -0.25) is 18.6 Å². The van der Waals surface area contributed by atoms with Crippen LogP contribution in [0.4, 0.5) is 0 Å². The maximum absolute atomic E-state index is 13.5. The van der Waals surface area contributed by atoms with Gasteiger partial charge in [0.15, 0.2) is 0 Å². The molecule has 0 aromatic carbocycles. The van der Waals surface area contributed by atoms with Gasteiger partial charge < -0.3 is 19.4 Å². The van der Waals surface area contributed by atoms with Crippen LogP contribution in [0.1, 0.15) is 265 Å². The van der Waals surface area contributed by atoms with Crippen molar-refractivity contribution in [3.05, 3.63) is 72.9 Å². The SMILES string of the molecule is CCCCC/C=C\C/C=C\C/C=C\C/C=C\CCCC(=O)NC(COP(=O)(O)OCC[N+](C)(C)C)C(/C=C/CCCCCCCCCCCCC)OC(=O)CCCCCCCCC/C=C/CCCCCCCC. The molecule has 9 nitrogen and oxygen atoms in total. The van der Waals surface area contributed by atoms with E-state index in [1.807, 2.05) is 33.3 Å². The molecule has 0 aromatic rings. The lowest BCUT2D eigenvalue weighted by Gasteiger charge is -2.27. The third-order valence-corrected chi connectivity index (χ3v) is 14.1. The Morgan fingerprint density at radius 1 is 0.479 bits per heavy atom. The topological polar surface area (TPSA) is 111 Å². The molecule has 0 aliphatic carbocycles. The highest BCUT2D eigenvalue weighted by molar-refractivity contribution is 7.47. The van der Waals surface area contributed by atoms with E-state index in [0.717, 1.165) is 77.0 Å². The number of allylic oxidation sites excluding steroid dienone is 11. The number of carbonyl (C=O) groups is 2. The molecule has 3 unspecified atom stereocenters. The first kappa shape index (κ1) is 70.5. The summed E-state index contributed by atoms with van der Waals surface area (Å²) in [6, 6.07) is -0.880. The molecule has 10 heteroatoms. The third kappa shape index (κ3) is 54.1. The van der Waals surface area contributed by atoms with Crippen LogP contribution in [0.5, 0.6) is 0 Å². The second kappa shape index (κ2) is 52.9. The molecule has 3 atom stereocenters. The number of nitrogens with zero attached hydrogens (tertiary/aromatic N) is 1. The van der Waals surface area contributed by atoms with Crippen molar-refractivity contribution in [2.75, 3.05) is 40.9 Å². The Morgan fingerprint density at radius 2 is 0.849 bits per heavy atom. The van der Waals surface area contributed by atoms with Crippen molar-refractivity contribution in [3.63, 3.8) is 0 Å². The molecule has 0 saturated carbocycles. The Hall–Kier alpha value is -2.55. The van der Waals surface area contributed by atoms with Gasteiger partial charge in [0.05, 0.1) is 33.8 Å². The van der Waals surface area contributed by atoms with Crippen LogP contribution < -0.4 is 5.32 Å². The molecule has 424 valence electrons. The average molecular weight is 1040 g/mol. The van der Waals surface area contributed by atoms with E-state index in [9.17, 15) is 19.0 Å². The number of esters is 1. The molecule has 0 radical (unpaired) electrons. The average Bonchev–Trinajstić information content (AvgIpc) is 3.35. The predicted octanol–water partition coefficient (Wildman–Crippen LogP) is 18.4. The molecule has 1 amide bonds. The normalized spacial score (nSPS) is 14.2. The number of unbranched alkanes of at least 4 members (excludes halogenated alkanes) is 28. The van der Waals surface area contributed by atoms with Crippen LogP contribution in [0.3, 0.4) is 0 Å². The fourth-order valence-electron chi connectivity index (χ4n) is 8.40. The standard InChI is InChI=1S/C63H115N2O7P/c1-7-10-13-16-19-22-25-28-30-32-34-37-40-43-46-49-52-55-62(66)64-60(59-71-73(68,69)70-58-57-65(4,5)6)61(54-51-48-45-42-39-36-27-24-21-18-15-12-9-3)72-63(67)56-53-50-47-44-41-38-35-33-31-29-26-23-20-17-14-11-8-2/h19,22,28-31,34,37,43,46,51,54,60-61H,7-18,20-21,23-27,32-33,35-36,38-42,44-45,47-50,52-53,55-59H2,1-6H3,(H-,64,66,68,69)/p+1/b22-19-,30-28-,31-29+,37-34-,46-43-,54-51+. The van der Waals surface area contributed by atoms with E-state index in [1.165, 1.54) is 148 Å². The summed E-state index contributed by atoms with van der Waals surface area (Å²) in [5, 5.41) is 3.02. The maximum atomic E-state index is 13.5. The van der Waals surface area contributed by atoms with Gasteiger partial charge in [-0.2, -0.15) is 0 Å². The first-order valence-corrected chi connectivity index (χ1v) is 31.8. The molecule has 0 saturated heterocycles. The lowest BCUT2D eigenvalue weighted by Crippen LogP contribution is -2.47. The minimum Gasteiger partial charge on any atom is -0.456 e. The van der Waals surface area contributed by atoms with E-state index >= 15 is 0 Å². The van der Waals surface area contributed by atoms with E-state index in [1.54, 1.807) is 0 Å². The zero-order chi connectivity index (χ0) is 53.6. The van der Waals surface area contributed by atoms with E-state index in [2.05, 4.69) is 86.8 Å². The number of amides is 1. The van der Waals surface area contributed by atoms with Crippen molar-refractivity contribution in [1.82, 2.24) is 5.32 Å². The van der Waals surface area contributed by atoms with Gasteiger partial charge in [0.1, 0.15) is 19.3 Å². The monoisotopic (exact) mass is 1040 g/mol. The summed E-state index contributed by atoms with van der Waals surface area (Å²) < 4.78 is 30.6. The number of carbonyl (C=O) groups excluding carboxylic acids is 2. The number of ether oxygens (including phenoxy) is 1. The minimum absolute atomic E-state index is 0.0275. The van der Waals surface area contributed by atoms with Crippen LogP contribution >= 0.6 is 7.82 Å². The van der Waals surface area contributed by atoms with Crippen LogP contribution in [-0.2, 0) is 27.9 Å². The second-order valence-corrected chi connectivity index (χ2v) is 23.0. The first-order valence-electron chi connectivity index (χ1n) is 30.3. The molecule has 0 aliphatic heterocycles. The molecular formula is C63H116N2O7P+. The maximum Gasteiger partial charge on any atom is 0.472 e. The van der Waals surface area contributed by atoms with E-state index in [-0.39, 0.29) is 37.9 Å². The van der Waals surface area contributed by atoms with Gasteiger partial charge in [0.2, 0.25) is 5.91 Å². The van der Waals surface area contributed by atoms with Crippen molar-refractivity contribution in [2.24, 2.45) is 0 Å². The van der Waals surface area contributed by atoms with Crippen LogP contribution in [0.15, 0.2) is 72.9 Å². The number of quaternary nitrogens is 1. The Bertz CT molecular complexity index is 1480. The third-order valence-electron chi connectivity index (χ3n) is 13.1. The van der Waals surface area contributed by atoms with Crippen LogP contribution in [0.25, 0.3) is 0 Å². The van der Waals surface area contributed by atoms with Gasteiger partial charge in [-0.05, 0) is 96.0 Å². The number of nitrogens with one attached hydrogen (secondary N) is 1. The van der Waals surface area contributed by atoms with E-state index < -0.39 is 20.0 Å². The highest BCUT2D eigenvalue weighted by Gasteiger charge is 2.30. The molecule has 73 heavy (non-hydrogen) atoms. The molecule has 0 aromatic heterocycles. The summed E-state index contributed by atoms with van der Waals surface area (Å²) in [5.74, 6) is -0.574. The number of hydrogen-bond acceptors (Lipinski definition) is 6. The Labute approximate surface area is 451 Å². The summed E-state index contributed by atoms with van der Waals surface area (Å²) in [6.45, 7) is 6.94. The van der Waals surface area contributed by atoms with Gasteiger partial charge >= 0.3 is 13.8 Å². The van der Waals surface area contributed by atoms with Gasteiger partial charge in [0.25, 0.3) is 0 Å². The predicted molar refractivity (Wildman–Crippen MR) is 314 cm³/mol. The molecule has 0 heterocycles. The lowest BCUT2D eigenvalue weighted by atomic mass is 10.0. The molecule has 0 fully saturated rings. The van der Waals surface area contributed by atoms with Crippen molar-refractivity contribution in [2.45, 2.75) is 277 Å². The fraction of sp³-hybridized carbons (Fsp3) is 0.778. The summed E-state index contributed by atoms with van der Waals surface area (Å²) in [6.07, 6.45) is 67.6. The van der Waals surface area contributed by atoms with Gasteiger partial charge in [-0.1, -0.05) is 229 Å². The number of hydrogen-bond donors (Lipinski definition) is 2. The summed E-state index contributed by atoms with van der Waals surface area (Å²) in [5.41, 5.74) is 0. The Morgan fingerprint density at radius 3 is 1.32 bits per heavy atom. The van der Waals surface area contributed by atoms with Crippen LogP contribution in [0, 0.1) is 0 Å². The van der Waals surface area contributed by atoms with Crippen molar-refractivity contribution in [1.29, 1.82) is 0 Å². The zero-order valence-corrected chi connectivity index (χ0v) is 49.3. The fourth-order valence-corrected chi connectivity index (χ4v) is 9.13. The number of rotatable bonds is 54. The minimum atomic E-state index is -4.46. The number of phosphoric ester groups is 1. The molecule has 0 rings (SSSR count). The second-order valence-electron chi connectivity index (χ2n) is 21.5. The van der Waals surface area contributed by atoms with E-state index in [4.69, 9.17) is 13.8 Å². The van der Waals surface area contributed by atoms with E-state index in [0.29, 0.717) is 17.4 Å². The highest BCUT2D eigenvalue weighted by Crippen LogP contribution is 2.43. The molecule has 2 N–H and O–H groups in total.